The van der Waals surface area contributed by atoms with Crippen LogP contribution in [0.5, 0.6) is 0 Å². The van der Waals surface area contributed by atoms with Gasteiger partial charge in [0.1, 0.15) is 0 Å². The normalized spacial score (nSPS) is 52.3. The molecule has 10 rings (SSSR count). The molecule has 0 aromatic rings. The summed E-state index contributed by atoms with van der Waals surface area (Å²) in [5, 5.41) is 2.24. The molecule has 10 fully saturated rings. The van der Waals surface area contributed by atoms with Crippen LogP contribution in [0.2, 0.25) is 0 Å². The van der Waals surface area contributed by atoms with Crippen LogP contribution in [0, 0.1) is 47.3 Å². The van der Waals surface area contributed by atoms with Crippen molar-refractivity contribution in [3.8, 4) is 0 Å². The molecule has 8 heterocycles. The van der Waals surface area contributed by atoms with E-state index in [1.54, 1.807) is 13.8 Å². The Kier molecular flexibility index (Phi) is 6.78. The lowest BCUT2D eigenvalue weighted by molar-refractivity contribution is -0.549. The Hall–Kier alpha value is -2.36. The second kappa shape index (κ2) is 10.1. The van der Waals surface area contributed by atoms with Crippen LogP contribution in [0.1, 0.15) is 92.9 Å². The molecule has 46 heavy (non-hydrogen) atoms. The van der Waals surface area contributed by atoms with Gasteiger partial charge in [-0.3, -0.25) is 30.0 Å². The van der Waals surface area contributed by atoms with Crippen LogP contribution in [-0.4, -0.2) is 68.9 Å². The van der Waals surface area contributed by atoms with Gasteiger partial charge in [0.2, 0.25) is 23.4 Å². The Bertz CT molecular complexity index is 1270. The molecule has 2 saturated carbocycles. The van der Waals surface area contributed by atoms with E-state index in [0.29, 0.717) is 12.8 Å². The molecule has 4 amide bonds. The number of piperidine rings is 2. The van der Waals surface area contributed by atoms with Gasteiger partial charge in [-0.15, -0.1) is 0 Å². The minimum atomic E-state index is -1.13. The van der Waals surface area contributed by atoms with Gasteiger partial charge < -0.3 is 9.47 Å². The molecule has 0 aromatic heterocycles. The Morgan fingerprint density at radius 2 is 1.00 bits per heavy atom. The summed E-state index contributed by atoms with van der Waals surface area (Å²) in [7, 11) is 0. The zero-order valence-electron chi connectivity index (χ0n) is 27.4. The van der Waals surface area contributed by atoms with Crippen molar-refractivity contribution in [1.82, 2.24) is 20.9 Å². The summed E-state index contributed by atoms with van der Waals surface area (Å²) < 4.78 is 12.9. The molecule has 2 aliphatic carbocycles. The Morgan fingerprint density at radius 3 is 1.39 bits per heavy atom. The van der Waals surface area contributed by atoms with E-state index in [4.69, 9.17) is 29.0 Å². The second-order valence-corrected chi connectivity index (χ2v) is 15.7. The van der Waals surface area contributed by atoms with E-state index in [1.165, 1.54) is 0 Å². The molecule has 14 nitrogen and oxygen atoms in total. The van der Waals surface area contributed by atoms with Gasteiger partial charge in [0, 0.05) is 36.5 Å². The third-order valence-electron chi connectivity index (χ3n) is 13.2. The average molecular weight is 647 g/mol. The van der Waals surface area contributed by atoms with Crippen molar-refractivity contribution in [3.05, 3.63) is 0 Å². The third kappa shape index (κ3) is 3.97. The lowest BCUT2D eigenvalue weighted by atomic mass is 9.57. The fourth-order valence-electron chi connectivity index (χ4n) is 10.7. The van der Waals surface area contributed by atoms with E-state index in [-0.39, 0.29) is 47.3 Å². The zero-order valence-corrected chi connectivity index (χ0v) is 27.4. The van der Waals surface area contributed by atoms with Crippen molar-refractivity contribution in [1.29, 1.82) is 0 Å². The summed E-state index contributed by atoms with van der Waals surface area (Å²) in [5.41, 5.74) is 3.08. The van der Waals surface area contributed by atoms with Crippen molar-refractivity contribution >= 4 is 23.6 Å². The SMILES string of the molecule is C[C@@H]1CC[C@H]2[C@@H](C)C(=O)N(NC(=O)C(=O)NN3C(=O)[C@H](C)[C@@H]4CC[C@@H](C)[C@@H]5CC[C@@]6(C)OO[C@]54[C@H]3O6)[C@@H]3O[C@@]4(C)CC[C@@H]1[C@@]23OO4. The molecular weight excluding hydrogens is 600 g/mol. The fourth-order valence-corrected chi connectivity index (χ4v) is 10.7. The predicted octanol–water partition coefficient (Wildman–Crippen LogP) is 2.44. The van der Waals surface area contributed by atoms with E-state index >= 15 is 0 Å². The molecular formula is C32H46N4O10. The predicted molar refractivity (Wildman–Crippen MR) is 154 cm³/mol. The topological polar surface area (TPSA) is 154 Å². The van der Waals surface area contributed by atoms with Crippen LogP contribution in [0.15, 0.2) is 0 Å². The van der Waals surface area contributed by atoms with Crippen LogP contribution >= 0.6 is 0 Å². The van der Waals surface area contributed by atoms with Crippen molar-refractivity contribution in [3.63, 3.8) is 0 Å². The van der Waals surface area contributed by atoms with Crippen LogP contribution in [0.4, 0.5) is 0 Å². The quantitative estimate of drug-likeness (QED) is 0.338. The van der Waals surface area contributed by atoms with Gasteiger partial charge in [-0.1, -0.05) is 27.7 Å². The molecule has 2 N–H and O–H groups in total. The van der Waals surface area contributed by atoms with E-state index in [9.17, 15) is 19.2 Å². The van der Waals surface area contributed by atoms with Gasteiger partial charge >= 0.3 is 11.8 Å². The van der Waals surface area contributed by atoms with E-state index in [2.05, 4.69) is 24.7 Å². The minimum Gasteiger partial charge on any atom is -0.319 e. The number of hydrogen-bond donors (Lipinski definition) is 2. The van der Waals surface area contributed by atoms with Crippen molar-refractivity contribution in [2.45, 2.75) is 128 Å². The average Bonchev–Trinajstić information content (AvgIpc) is 3.41. The fraction of sp³-hybridized carbons (Fsp3) is 0.875. The van der Waals surface area contributed by atoms with Crippen LogP contribution < -0.4 is 10.9 Å². The summed E-state index contributed by atoms with van der Waals surface area (Å²) in [4.78, 5) is 79.3. The van der Waals surface area contributed by atoms with Gasteiger partial charge in [-0.2, -0.15) is 0 Å². The standard InChI is InChI=1S/C32H46N4O10/c1-15-7-9-21-17(3)25(39)35(27-31(21)19(15)11-13-29(5,41-27)43-45-31)33-23(37)24(38)34-36-26(40)18(4)22-10-8-16(2)20-12-14-30(6)42-28(36)32(20,22)46-44-30/h15-22,27-28H,7-14H2,1-6H3,(H,33,37)(H,34,38)/t15-,16-,17-,18-,19+,20+,21+,22+,27-,28-,29-,30-,31-,32-/m1/s1. The second-order valence-electron chi connectivity index (χ2n) is 15.7. The number of nitrogens with zero attached hydrogens (tertiary/aromatic N) is 2. The molecule has 0 unspecified atom stereocenters. The maximum absolute atomic E-state index is 13.9. The summed E-state index contributed by atoms with van der Waals surface area (Å²) in [6, 6.07) is 0. The highest BCUT2D eigenvalue weighted by atomic mass is 17.3. The highest BCUT2D eigenvalue weighted by Gasteiger charge is 2.73. The number of rotatable bonds is 2. The minimum absolute atomic E-state index is 0.0150. The highest BCUT2D eigenvalue weighted by Crippen LogP contribution is 2.61. The summed E-state index contributed by atoms with van der Waals surface area (Å²) >= 11 is 0. The number of amides is 4. The molecule has 4 bridgehead atoms. The highest BCUT2D eigenvalue weighted by molar-refractivity contribution is 6.35. The summed E-state index contributed by atoms with van der Waals surface area (Å²) in [6.45, 7) is 11.5. The van der Waals surface area contributed by atoms with Gasteiger partial charge in [-0.25, -0.2) is 29.6 Å². The lowest BCUT2D eigenvalue weighted by Gasteiger charge is -2.61. The molecule has 10 aliphatic rings. The Balaban J connectivity index is 1.08. The number of carbonyl (C=O) groups excluding carboxylic acids is 4. The Morgan fingerprint density at radius 1 is 0.609 bits per heavy atom. The third-order valence-corrected chi connectivity index (χ3v) is 13.2. The molecule has 8 aliphatic heterocycles. The largest absolute Gasteiger partial charge is 0.329 e. The number of ether oxygens (including phenoxy) is 2. The molecule has 14 heteroatoms. The molecule has 8 saturated heterocycles. The van der Waals surface area contributed by atoms with Crippen LogP contribution in [-0.2, 0) is 48.2 Å². The maximum Gasteiger partial charge on any atom is 0.329 e. The number of hydrogen-bond acceptors (Lipinski definition) is 10. The number of carbonyl (C=O) groups is 4. The monoisotopic (exact) mass is 646 g/mol. The van der Waals surface area contributed by atoms with E-state index in [1.807, 2.05) is 13.8 Å². The Labute approximate surface area is 268 Å². The summed E-state index contributed by atoms with van der Waals surface area (Å²) in [5.74, 6) is -6.09. The molecule has 254 valence electrons. The van der Waals surface area contributed by atoms with E-state index in [0.717, 1.165) is 48.5 Å². The molecule has 2 spiro atoms. The maximum atomic E-state index is 13.9. The molecule has 0 radical (unpaired) electrons. The van der Waals surface area contributed by atoms with Gasteiger partial charge in [0.25, 0.3) is 0 Å². The zero-order chi connectivity index (χ0) is 32.6. The van der Waals surface area contributed by atoms with Crippen molar-refractivity contribution < 1.29 is 48.2 Å². The van der Waals surface area contributed by atoms with Gasteiger partial charge in [-0.05, 0) is 76.0 Å². The lowest BCUT2D eigenvalue weighted by Crippen LogP contribution is -2.78. The van der Waals surface area contributed by atoms with Gasteiger partial charge in [0.05, 0.1) is 0 Å². The van der Waals surface area contributed by atoms with Crippen LogP contribution in [0.25, 0.3) is 0 Å². The first kappa shape index (κ1) is 30.9. The number of fused-ring (bicyclic) bond motifs is 4. The summed E-state index contributed by atoms with van der Waals surface area (Å²) in [6.07, 6.45) is 4.04. The van der Waals surface area contributed by atoms with E-state index < -0.39 is 58.9 Å². The smallest absolute Gasteiger partial charge is 0.319 e. The first-order valence-corrected chi connectivity index (χ1v) is 17.1. The van der Waals surface area contributed by atoms with Gasteiger partial charge in [0.15, 0.2) is 23.7 Å². The number of hydrazine groups is 2. The number of nitrogens with one attached hydrogen (secondary N) is 2. The van der Waals surface area contributed by atoms with Crippen molar-refractivity contribution in [2.75, 3.05) is 0 Å². The molecule has 0 aromatic carbocycles. The first-order valence-electron chi connectivity index (χ1n) is 17.1. The molecule has 14 atom stereocenters. The van der Waals surface area contributed by atoms with Crippen molar-refractivity contribution in [2.24, 2.45) is 47.3 Å². The van der Waals surface area contributed by atoms with Crippen LogP contribution in [0.3, 0.4) is 0 Å². The first-order chi connectivity index (χ1) is 21.7.